The lowest BCUT2D eigenvalue weighted by molar-refractivity contribution is -0.137. The van der Waals surface area contributed by atoms with Gasteiger partial charge in [-0.15, -0.1) is 0 Å². The van der Waals surface area contributed by atoms with Crippen molar-refractivity contribution in [2.75, 3.05) is 17.1 Å². The normalized spacial score (nSPS) is 12.1. The number of rotatable bonds is 4. The van der Waals surface area contributed by atoms with Gasteiger partial charge in [0.15, 0.2) is 0 Å². The number of hydrogen-bond acceptors (Lipinski definition) is 4. The lowest BCUT2D eigenvalue weighted by Crippen LogP contribution is -2.42. The Morgan fingerprint density at radius 2 is 2.00 bits per heavy atom. The molecule has 112 valence electrons. The van der Waals surface area contributed by atoms with Gasteiger partial charge in [-0.1, -0.05) is 6.07 Å². The molecule has 0 fully saturated rings. The fourth-order valence-corrected chi connectivity index (χ4v) is 2.26. The number of alkyl halides is 3. The van der Waals surface area contributed by atoms with E-state index in [0.717, 1.165) is 24.5 Å². The summed E-state index contributed by atoms with van der Waals surface area (Å²) in [6.45, 7) is -0.712. The molecule has 0 radical (unpaired) electrons. The van der Waals surface area contributed by atoms with Gasteiger partial charge in [-0.2, -0.15) is 13.2 Å². The Morgan fingerprint density at radius 1 is 1.40 bits per heavy atom. The van der Waals surface area contributed by atoms with Crippen LogP contribution in [0.1, 0.15) is 5.56 Å². The number of benzene rings is 1. The molecule has 1 aromatic carbocycles. The predicted octanol–water partition coefficient (Wildman–Crippen LogP) is 0.461. The first-order valence-electron chi connectivity index (χ1n) is 5.20. The van der Waals surface area contributed by atoms with Crippen LogP contribution < -0.4 is 15.6 Å². The highest BCUT2D eigenvalue weighted by atomic mass is 32.2. The van der Waals surface area contributed by atoms with Crippen LogP contribution in [0.2, 0.25) is 0 Å². The van der Waals surface area contributed by atoms with E-state index in [1.54, 1.807) is 5.43 Å². The highest BCUT2D eigenvalue weighted by Crippen LogP contribution is 2.32. The standard InChI is InChI=1S/C10H12F3N3O3S/c1-20(18,19)16(6-9(17)15-14)8-4-2-3-7(5-8)10(11,12)13/h2-5H,6,14H2,1H3,(H,15,17). The van der Waals surface area contributed by atoms with Gasteiger partial charge in [0.1, 0.15) is 6.54 Å². The lowest BCUT2D eigenvalue weighted by Gasteiger charge is -2.22. The molecule has 0 bridgehead atoms. The van der Waals surface area contributed by atoms with E-state index in [-0.39, 0.29) is 5.69 Å². The monoisotopic (exact) mass is 311 g/mol. The zero-order chi connectivity index (χ0) is 15.6. The van der Waals surface area contributed by atoms with Crippen molar-refractivity contribution in [3.05, 3.63) is 29.8 Å². The Morgan fingerprint density at radius 3 is 2.45 bits per heavy atom. The topological polar surface area (TPSA) is 92.5 Å². The van der Waals surface area contributed by atoms with Crippen LogP contribution in [0, 0.1) is 0 Å². The van der Waals surface area contributed by atoms with Gasteiger partial charge in [-0.3, -0.25) is 14.5 Å². The molecule has 0 heterocycles. The molecule has 10 heteroatoms. The third-order valence-corrected chi connectivity index (χ3v) is 3.45. The van der Waals surface area contributed by atoms with E-state index in [1.807, 2.05) is 0 Å². The van der Waals surface area contributed by atoms with Crippen LogP contribution in [-0.4, -0.2) is 27.1 Å². The number of carbonyl (C=O) groups is 1. The summed E-state index contributed by atoms with van der Waals surface area (Å²) < 4.78 is 61.4. The number of sulfonamides is 1. The molecule has 1 aromatic rings. The Labute approximate surface area is 113 Å². The third-order valence-electron chi connectivity index (χ3n) is 2.31. The quantitative estimate of drug-likeness (QED) is 0.480. The molecule has 0 aliphatic heterocycles. The summed E-state index contributed by atoms with van der Waals surface area (Å²) in [5.74, 6) is 3.99. The van der Waals surface area contributed by atoms with Crippen LogP contribution in [0.15, 0.2) is 24.3 Å². The molecule has 0 spiro atoms. The minimum Gasteiger partial charge on any atom is -0.293 e. The van der Waals surface area contributed by atoms with Crippen molar-refractivity contribution >= 4 is 21.6 Å². The molecular formula is C10H12F3N3O3S. The van der Waals surface area contributed by atoms with Gasteiger partial charge >= 0.3 is 6.18 Å². The molecule has 20 heavy (non-hydrogen) atoms. The number of nitrogens with two attached hydrogens (primary N) is 1. The van der Waals surface area contributed by atoms with Gasteiger partial charge in [-0.05, 0) is 18.2 Å². The summed E-state index contributed by atoms with van der Waals surface area (Å²) in [7, 11) is -3.94. The molecule has 0 aromatic heterocycles. The maximum Gasteiger partial charge on any atom is 0.416 e. The van der Waals surface area contributed by atoms with Crippen LogP contribution in [0.3, 0.4) is 0 Å². The van der Waals surface area contributed by atoms with Crippen molar-refractivity contribution in [1.29, 1.82) is 0 Å². The largest absolute Gasteiger partial charge is 0.416 e. The fraction of sp³-hybridized carbons (Fsp3) is 0.300. The van der Waals surface area contributed by atoms with Crippen LogP contribution in [-0.2, 0) is 21.0 Å². The molecule has 1 amide bonds. The predicted molar refractivity (Wildman–Crippen MR) is 66.0 cm³/mol. The number of amides is 1. The highest BCUT2D eigenvalue weighted by molar-refractivity contribution is 7.92. The van der Waals surface area contributed by atoms with Gasteiger partial charge in [0.2, 0.25) is 10.0 Å². The second-order valence-corrected chi connectivity index (χ2v) is 5.79. The zero-order valence-corrected chi connectivity index (χ0v) is 11.1. The molecule has 6 nitrogen and oxygen atoms in total. The van der Waals surface area contributed by atoms with Gasteiger partial charge < -0.3 is 0 Å². The molecule has 0 aliphatic rings. The van der Waals surface area contributed by atoms with E-state index in [9.17, 15) is 26.4 Å². The lowest BCUT2D eigenvalue weighted by atomic mass is 10.2. The molecule has 3 N–H and O–H groups in total. The van der Waals surface area contributed by atoms with Crippen molar-refractivity contribution in [3.8, 4) is 0 Å². The number of carbonyl (C=O) groups excluding carboxylic acids is 1. The fourth-order valence-electron chi connectivity index (χ4n) is 1.41. The smallest absolute Gasteiger partial charge is 0.293 e. The van der Waals surface area contributed by atoms with Crippen molar-refractivity contribution in [3.63, 3.8) is 0 Å². The van der Waals surface area contributed by atoms with E-state index >= 15 is 0 Å². The molecule has 1 rings (SSSR count). The second-order valence-electron chi connectivity index (χ2n) is 3.89. The molecule has 0 saturated heterocycles. The molecular weight excluding hydrogens is 299 g/mol. The number of halogens is 3. The second kappa shape index (κ2) is 5.67. The van der Waals surface area contributed by atoms with Gasteiger partial charge in [0.25, 0.3) is 5.91 Å². The summed E-state index contributed by atoms with van der Waals surface area (Å²) >= 11 is 0. The highest BCUT2D eigenvalue weighted by Gasteiger charge is 2.31. The summed E-state index contributed by atoms with van der Waals surface area (Å²) in [4.78, 5) is 11.2. The third kappa shape index (κ3) is 4.10. The summed E-state index contributed by atoms with van der Waals surface area (Å²) in [5.41, 5.74) is 0.426. The first-order valence-corrected chi connectivity index (χ1v) is 7.05. The average molecular weight is 311 g/mol. The minimum atomic E-state index is -4.62. The Hall–Kier alpha value is -1.81. The van der Waals surface area contributed by atoms with E-state index in [4.69, 9.17) is 5.84 Å². The maximum atomic E-state index is 12.6. The Bertz CT molecular complexity index is 601. The van der Waals surface area contributed by atoms with Crippen molar-refractivity contribution in [1.82, 2.24) is 5.43 Å². The van der Waals surface area contributed by atoms with Crippen LogP contribution in [0.4, 0.5) is 18.9 Å². The SMILES string of the molecule is CS(=O)(=O)N(CC(=O)NN)c1cccc(C(F)(F)F)c1. The Kier molecular flexibility index (Phi) is 4.61. The maximum absolute atomic E-state index is 12.6. The number of anilines is 1. The summed E-state index contributed by atoms with van der Waals surface area (Å²) in [6.07, 6.45) is -3.84. The van der Waals surface area contributed by atoms with Crippen LogP contribution in [0.5, 0.6) is 0 Å². The molecule has 0 unspecified atom stereocenters. The molecule has 0 aliphatic carbocycles. The van der Waals surface area contributed by atoms with Crippen molar-refractivity contribution in [2.24, 2.45) is 5.84 Å². The summed E-state index contributed by atoms with van der Waals surface area (Å²) in [5, 5.41) is 0. The average Bonchev–Trinajstić information content (AvgIpc) is 2.33. The first-order chi connectivity index (χ1) is 9.05. The van der Waals surface area contributed by atoms with Gasteiger partial charge in [0, 0.05) is 0 Å². The summed E-state index contributed by atoms with van der Waals surface area (Å²) in [6, 6.07) is 3.65. The molecule has 0 atom stereocenters. The number of hydrogen-bond donors (Lipinski definition) is 2. The zero-order valence-electron chi connectivity index (χ0n) is 10.3. The van der Waals surface area contributed by atoms with Gasteiger partial charge in [0.05, 0.1) is 17.5 Å². The number of hydrazine groups is 1. The number of nitrogens with zero attached hydrogens (tertiary/aromatic N) is 1. The van der Waals surface area contributed by atoms with Gasteiger partial charge in [-0.25, -0.2) is 14.3 Å². The first kappa shape index (κ1) is 16.2. The minimum absolute atomic E-state index is 0.272. The van der Waals surface area contributed by atoms with Crippen molar-refractivity contribution < 1.29 is 26.4 Å². The van der Waals surface area contributed by atoms with Crippen molar-refractivity contribution in [2.45, 2.75) is 6.18 Å². The molecule has 0 saturated carbocycles. The Balaban J connectivity index is 3.25. The van der Waals surface area contributed by atoms with Crippen LogP contribution >= 0.6 is 0 Å². The van der Waals surface area contributed by atoms with E-state index in [2.05, 4.69) is 0 Å². The van der Waals surface area contributed by atoms with Crippen LogP contribution in [0.25, 0.3) is 0 Å². The number of nitrogens with one attached hydrogen (secondary N) is 1. The van der Waals surface area contributed by atoms with E-state index < -0.39 is 34.2 Å². The van der Waals surface area contributed by atoms with E-state index in [1.165, 1.54) is 0 Å². The van der Waals surface area contributed by atoms with E-state index in [0.29, 0.717) is 10.4 Å².